The van der Waals surface area contributed by atoms with Crippen LogP contribution in [0.25, 0.3) is 0 Å². The zero-order valence-electron chi connectivity index (χ0n) is 11.4. The lowest BCUT2D eigenvalue weighted by Crippen LogP contribution is -2.34. The molecule has 1 amide bonds. The third kappa shape index (κ3) is 4.00. The summed E-state index contributed by atoms with van der Waals surface area (Å²) in [5, 5.41) is 2.89. The Hall–Kier alpha value is -1.62. The molecule has 1 rings (SSSR count). The highest BCUT2D eigenvalue weighted by molar-refractivity contribution is 5.92. The van der Waals surface area contributed by atoms with Gasteiger partial charge in [0.1, 0.15) is 5.69 Å². The van der Waals surface area contributed by atoms with Crippen LogP contribution in [0.5, 0.6) is 0 Å². The molecule has 0 aromatic carbocycles. The van der Waals surface area contributed by atoms with Gasteiger partial charge in [-0.25, -0.2) is 4.98 Å². The SMILES string of the molecule is CC(CNC(=O)c1ccc(NN)cn1)C(C)(C)C. The molecule has 5 heteroatoms. The van der Waals surface area contributed by atoms with Crippen LogP contribution in [0.4, 0.5) is 5.69 Å². The van der Waals surface area contributed by atoms with Gasteiger partial charge in [0.15, 0.2) is 0 Å². The maximum atomic E-state index is 11.9. The molecule has 18 heavy (non-hydrogen) atoms. The second-order valence-corrected chi connectivity index (χ2v) is 5.55. The largest absolute Gasteiger partial charge is 0.350 e. The number of carbonyl (C=O) groups is 1. The average molecular weight is 250 g/mol. The predicted molar refractivity (Wildman–Crippen MR) is 73.0 cm³/mol. The fourth-order valence-electron chi connectivity index (χ4n) is 1.26. The molecule has 0 aliphatic rings. The molecule has 0 bridgehead atoms. The van der Waals surface area contributed by atoms with E-state index >= 15 is 0 Å². The van der Waals surface area contributed by atoms with Crippen LogP contribution in [0.15, 0.2) is 18.3 Å². The van der Waals surface area contributed by atoms with Crippen molar-refractivity contribution in [1.82, 2.24) is 10.3 Å². The van der Waals surface area contributed by atoms with E-state index in [-0.39, 0.29) is 11.3 Å². The van der Waals surface area contributed by atoms with E-state index in [1.807, 2.05) is 0 Å². The van der Waals surface area contributed by atoms with Gasteiger partial charge in [0.25, 0.3) is 5.91 Å². The fraction of sp³-hybridized carbons (Fsp3) is 0.538. The van der Waals surface area contributed by atoms with Crippen molar-refractivity contribution in [1.29, 1.82) is 0 Å². The Labute approximate surface area is 108 Å². The summed E-state index contributed by atoms with van der Waals surface area (Å²) < 4.78 is 0. The van der Waals surface area contributed by atoms with Crippen molar-refractivity contribution >= 4 is 11.6 Å². The number of carbonyl (C=O) groups excluding carboxylic acids is 1. The van der Waals surface area contributed by atoms with Gasteiger partial charge in [-0.1, -0.05) is 27.7 Å². The van der Waals surface area contributed by atoms with Crippen molar-refractivity contribution in [3.8, 4) is 0 Å². The number of hydrazine groups is 1. The van der Waals surface area contributed by atoms with Gasteiger partial charge in [-0.2, -0.15) is 0 Å². The normalized spacial score (nSPS) is 12.9. The summed E-state index contributed by atoms with van der Waals surface area (Å²) in [6.07, 6.45) is 1.53. The van der Waals surface area contributed by atoms with Gasteiger partial charge < -0.3 is 10.7 Å². The second kappa shape index (κ2) is 5.82. The molecule has 0 aliphatic heterocycles. The minimum atomic E-state index is -0.158. The monoisotopic (exact) mass is 250 g/mol. The highest BCUT2D eigenvalue weighted by atomic mass is 16.1. The quantitative estimate of drug-likeness (QED) is 0.562. The van der Waals surface area contributed by atoms with E-state index in [0.717, 1.165) is 0 Å². The molecular formula is C13H22N4O. The van der Waals surface area contributed by atoms with Gasteiger partial charge >= 0.3 is 0 Å². The Morgan fingerprint density at radius 1 is 1.44 bits per heavy atom. The molecule has 1 aromatic rings. The van der Waals surface area contributed by atoms with Gasteiger partial charge in [0.05, 0.1) is 11.9 Å². The lowest BCUT2D eigenvalue weighted by Gasteiger charge is -2.27. The molecule has 0 aliphatic carbocycles. The van der Waals surface area contributed by atoms with Crippen molar-refractivity contribution in [2.75, 3.05) is 12.0 Å². The molecule has 4 N–H and O–H groups in total. The molecule has 1 atom stereocenters. The van der Waals surface area contributed by atoms with Crippen molar-refractivity contribution in [3.63, 3.8) is 0 Å². The van der Waals surface area contributed by atoms with Crippen molar-refractivity contribution in [2.24, 2.45) is 17.2 Å². The molecule has 0 saturated heterocycles. The molecule has 0 spiro atoms. The van der Waals surface area contributed by atoms with E-state index in [4.69, 9.17) is 5.84 Å². The molecule has 0 radical (unpaired) electrons. The predicted octanol–water partition coefficient (Wildman–Crippen LogP) is 1.78. The summed E-state index contributed by atoms with van der Waals surface area (Å²) in [7, 11) is 0. The highest BCUT2D eigenvalue weighted by Gasteiger charge is 2.20. The van der Waals surface area contributed by atoms with Gasteiger partial charge in [0, 0.05) is 6.54 Å². The molecule has 100 valence electrons. The minimum absolute atomic E-state index is 0.158. The van der Waals surface area contributed by atoms with E-state index in [0.29, 0.717) is 23.8 Å². The topological polar surface area (TPSA) is 80.0 Å². The summed E-state index contributed by atoms with van der Waals surface area (Å²) >= 11 is 0. The lowest BCUT2D eigenvalue weighted by molar-refractivity contribution is 0.0932. The number of pyridine rings is 1. The van der Waals surface area contributed by atoms with Gasteiger partial charge in [-0.05, 0) is 23.5 Å². The Kier molecular flexibility index (Phi) is 4.67. The standard InChI is InChI=1S/C13H22N4O/c1-9(13(2,3)4)7-16-12(18)11-6-5-10(17-14)8-15-11/h5-6,8-9,17H,7,14H2,1-4H3,(H,16,18). The third-order valence-corrected chi connectivity index (χ3v) is 3.21. The fourth-order valence-corrected chi connectivity index (χ4v) is 1.26. The first kappa shape index (κ1) is 14.4. The second-order valence-electron chi connectivity index (χ2n) is 5.55. The Morgan fingerprint density at radius 3 is 2.56 bits per heavy atom. The summed E-state index contributed by atoms with van der Waals surface area (Å²) in [4.78, 5) is 15.9. The van der Waals surface area contributed by atoms with Crippen molar-refractivity contribution in [3.05, 3.63) is 24.0 Å². The third-order valence-electron chi connectivity index (χ3n) is 3.21. The van der Waals surface area contributed by atoms with Crippen LogP contribution < -0.4 is 16.6 Å². The van der Waals surface area contributed by atoms with Gasteiger partial charge in [-0.15, -0.1) is 0 Å². The Balaban J connectivity index is 2.55. The summed E-state index contributed by atoms with van der Waals surface area (Å²) in [5.74, 6) is 5.47. The number of amides is 1. The van der Waals surface area contributed by atoms with E-state index in [9.17, 15) is 4.79 Å². The first-order valence-corrected chi connectivity index (χ1v) is 6.05. The van der Waals surface area contributed by atoms with Crippen LogP contribution in [-0.2, 0) is 0 Å². The minimum Gasteiger partial charge on any atom is -0.350 e. The van der Waals surface area contributed by atoms with Crippen molar-refractivity contribution < 1.29 is 4.79 Å². The maximum absolute atomic E-state index is 11.9. The van der Waals surface area contributed by atoms with Crippen LogP contribution in [0, 0.1) is 11.3 Å². The first-order chi connectivity index (χ1) is 8.34. The zero-order chi connectivity index (χ0) is 13.8. The van der Waals surface area contributed by atoms with Crippen LogP contribution in [0.3, 0.4) is 0 Å². The van der Waals surface area contributed by atoms with Crippen molar-refractivity contribution in [2.45, 2.75) is 27.7 Å². The molecular weight excluding hydrogens is 228 g/mol. The summed E-state index contributed by atoms with van der Waals surface area (Å²) in [6.45, 7) is 9.23. The van der Waals surface area contributed by atoms with Gasteiger partial charge in [0.2, 0.25) is 0 Å². The molecule has 0 fully saturated rings. The number of hydrogen-bond donors (Lipinski definition) is 3. The maximum Gasteiger partial charge on any atom is 0.269 e. The molecule has 5 nitrogen and oxygen atoms in total. The zero-order valence-corrected chi connectivity index (χ0v) is 11.4. The summed E-state index contributed by atoms with van der Waals surface area (Å²) in [5.41, 5.74) is 3.72. The van der Waals surface area contributed by atoms with Crippen LogP contribution in [0.1, 0.15) is 38.2 Å². The number of rotatable bonds is 4. The number of nitrogens with zero attached hydrogens (tertiary/aromatic N) is 1. The number of nitrogens with one attached hydrogen (secondary N) is 2. The number of anilines is 1. The van der Waals surface area contributed by atoms with E-state index in [1.165, 1.54) is 6.20 Å². The van der Waals surface area contributed by atoms with Crippen LogP contribution in [-0.4, -0.2) is 17.4 Å². The van der Waals surface area contributed by atoms with Gasteiger partial charge in [-0.3, -0.25) is 10.6 Å². The smallest absolute Gasteiger partial charge is 0.269 e. The van der Waals surface area contributed by atoms with Crippen LogP contribution >= 0.6 is 0 Å². The van der Waals surface area contributed by atoms with E-state index in [1.54, 1.807) is 12.1 Å². The molecule has 1 unspecified atom stereocenters. The molecule has 1 aromatic heterocycles. The van der Waals surface area contributed by atoms with E-state index < -0.39 is 0 Å². The lowest BCUT2D eigenvalue weighted by atomic mass is 9.82. The Bertz CT molecular complexity index is 394. The molecule has 0 saturated carbocycles. The number of hydrogen-bond acceptors (Lipinski definition) is 4. The Morgan fingerprint density at radius 2 is 2.11 bits per heavy atom. The number of aromatic nitrogens is 1. The number of nitrogen functional groups attached to an aromatic ring is 1. The molecule has 1 heterocycles. The van der Waals surface area contributed by atoms with E-state index in [2.05, 4.69) is 43.4 Å². The number of nitrogens with two attached hydrogens (primary N) is 1. The van der Waals surface area contributed by atoms with Crippen LogP contribution in [0.2, 0.25) is 0 Å². The average Bonchev–Trinajstić information content (AvgIpc) is 2.34. The highest BCUT2D eigenvalue weighted by Crippen LogP contribution is 2.24. The summed E-state index contributed by atoms with van der Waals surface area (Å²) in [6, 6.07) is 3.36. The first-order valence-electron chi connectivity index (χ1n) is 6.05.